The topological polar surface area (TPSA) is 64.7 Å². The average molecular weight is 409 g/mol. The van der Waals surface area contributed by atoms with Crippen molar-refractivity contribution < 1.29 is 9.59 Å². The van der Waals surface area contributed by atoms with Gasteiger partial charge in [0.25, 0.3) is 0 Å². The molecule has 3 amide bonds. The van der Waals surface area contributed by atoms with Crippen molar-refractivity contribution in [1.82, 2.24) is 4.90 Å². The first-order valence-corrected chi connectivity index (χ1v) is 10.8. The van der Waals surface area contributed by atoms with Crippen LogP contribution in [-0.4, -0.2) is 43.0 Å². The summed E-state index contributed by atoms with van der Waals surface area (Å²) in [5.41, 5.74) is 3.72. The lowest BCUT2D eigenvalue weighted by atomic mass is 10.1. The molecule has 2 aromatic carbocycles. The van der Waals surface area contributed by atoms with Crippen molar-refractivity contribution in [3.05, 3.63) is 54.1 Å². The van der Waals surface area contributed by atoms with Crippen molar-refractivity contribution in [3.8, 4) is 0 Å². The molecule has 1 aliphatic rings. The number of hydrogen-bond donors (Lipinski definition) is 2. The Balaban J connectivity index is 1.46. The molecule has 0 atom stereocenters. The highest BCUT2D eigenvalue weighted by Crippen LogP contribution is 2.20. The number of amides is 3. The monoisotopic (exact) mass is 408 g/mol. The van der Waals surface area contributed by atoms with Crippen LogP contribution in [0.5, 0.6) is 0 Å². The van der Waals surface area contributed by atoms with Gasteiger partial charge in [0.05, 0.1) is 0 Å². The van der Waals surface area contributed by atoms with Crippen LogP contribution in [0, 0.1) is 6.92 Å². The van der Waals surface area contributed by atoms with E-state index in [1.54, 1.807) is 0 Å². The number of aryl methyl sites for hydroxylation is 1. The highest BCUT2D eigenvalue weighted by molar-refractivity contribution is 5.99. The van der Waals surface area contributed by atoms with Gasteiger partial charge in [0.15, 0.2) is 0 Å². The van der Waals surface area contributed by atoms with Crippen molar-refractivity contribution in [2.45, 2.75) is 39.5 Å². The second-order valence-corrected chi connectivity index (χ2v) is 7.82. The van der Waals surface area contributed by atoms with Gasteiger partial charge in [-0.25, -0.2) is 4.79 Å². The zero-order valence-electron chi connectivity index (χ0n) is 18.0. The maximum atomic E-state index is 12.3. The lowest BCUT2D eigenvalue weighted by Crippen LogP contribution is -2.48. The van der Waals surface area contributed by atoms with E-state index >= 15 is 0 Å². The van der Waals surface area contributed by atoms with E-state index in [1.807, 2.05) is 60.4 Å². The normalized spacial score (nSPS) is 13.8. The molecule has 30 heavy (non-hydrogen) atoms. The SMILES string of the molecule is CCCCCC(=O)N1CCN(c2ccc(NC(=O)Nc3cccc(C)c3)cc2)CC1. The molecule has 3 rings (SSSR count). The Kier molecular flexibility index (Phi) is 7.71. The molecule has 0 radical (unpaired) electrons. The van der Waals surface area contributed by atoms with E-state index in [0.717, 1.165) is 68.1 Å². The van der Waals surface area contributed by atoms with Gasteiger partial charge in [-0.05, 0) is 55.3 Å². The van der Waals surface area contributed by atoms with E-state index in [2.05, 4.69) is 22.5 Å². The molecule has 1 saturated heterocycles. The third-order valence-electron chi connectivity index (χ3n) is 5.39. The molecular weight excluding hydrogens is 376 g/mol. The minimum absolute atomic E-state index is 0.261. The fourth-order valence-corrected chi connectivity index (χ4v) is 3.67. The van der Waals surface area contributed by atoms with Gasteiger partial charge in [0.2, 0.25) is 5.91 Å². The lowest BCUT2D eigenvalue weighted by molar-refractivity contribution is -0.131. The van der Waals surface area contributed by atoms with Crippen molar-refractivity contribution in [2.24, 2.45) is 0 Å². The van der Waals surface area contributed by atoms with Crippen LogP contribution >= 0.6 is 0 Å². The molecule has 2 aromatic rings. The Morgan fingerprint density at radius 3 is 2.27 bits per heavy atom. The summed E-state index contributed by atoms with van der Waals surface area (Å²) in [6.07, 6.45) is 3.91. The summed E-state index contributed by atoms with van der Waals surface area (Å²) in [5.74, 6) is 0.280. The number of carbonyl (C=O) groups excluding carboxylic acids is 2. The van der Waals surface area contributed by atoms with Gasteiger partial charge >= 0.3 is 6.03 Å². The number of nitrogens with zero attached hydrogens (tertiary/aromatic N) is 2. The van der Waals surface area contributed by atoms with E-state index in [9.17, 15) is 9.59 Å². The number of benzene rings is 2. The number of piperazine rings is 1. The predicted octanol–water partition coefficient (Wildman–Crippen LogP) is 4.87. The van der Waals surface area contributed by atoms with Gasteiger partial charge in [-0.1, -0.05) is 31.9 Å². The zero-order chi connectivity index (χ0) is 21.3. The maximum Gasteiger partial charge on any atom is 0.323 e. The second kappa shape index (κ2) is 10.7. The summed E-state index contributed by atoms with van der Waals surface area (Å²) in [6.45, 7) is 7.35. The summed E-state index contributed by atoms with van der Waals surface area (Å²) in [5, 5.41) is 5.71. The Morgan fingerprint density at radius 1 is 0.900 bits per heavy atom. The van der Waals surface area contributed by atoms with Gasteiger partial charge in [-0.2, -0.15) is 0 Å². The largest absolute Gasteiger partial charge is 0.368 e. The number of anilines is 3. The molecule has 2 N–H and O–H groups in total. The zero-order valence-corrected chi connectivity index (χ0v) is 18.0. The molecule has 0 spiro atoms. The molecule has 1 fully saturated rings. The standard InChI is InChI=1S/C24H32N4O2/c1-3-4-5-9-23(29)28-16-14-27(15-17-28)22-12-10-20(11-13-22)25-24(30)26-21-8-6-7-19(2)18-21/h6-8,10-13,18H,3-5,9,14-17H2,1-2H3,(H2,25,26,30). The summed E-state index contributed by atoms with van der Waals surface area (Å²) >= 11 is 0. The van der Waals surface area contributed by atoms with E-state index in [1.165, 1.54) is 0 Å². The lowest BCUT2D eigenvalue weighted by Gasteiger charge is -2.36. The van der Waals surface area contributed by atoms with Gasteiger partial charge in [0, 0.05) is 49.7 Å². The van der Waals surface area contributed by atoms with Crippen LogP contribution in [0.1, 0.15) is 38.2 Å². The molecule has 1 heterocycles. The summed E-state index contributed by atoms with van der Waals surface area (Å²) in [4.78, 5) is 28.7. The molecule has 0 saturated carbocycles. The average Bonchev–Trinajstić information content (AvgIpc) is 2.74. The highest BCUT2D eigenvalue weighted by Gasteiger charge is 2.20. The van der Waals surface area contributed by atoms with Gasteiger partial charge < -0.3 is 20.4 Å². The number of hydrogen-bond acceptors (Lipinski definition) is 3. The molecule has 160 valence electrons. The van der Waals surface area contributed by atoms with E-state index in [-0.39, 0.29) is 11.9 Å². The van der Waals surface area contributed by atoms with Crippen LogP contribution in [0.3, 0.4) is 0 Å². The quantitative estimate of drug-likeness (QED) is 0.643. The summed E-state index contributed by atoms with van der Waals surface area (Å²) < 4.78 is 0. The second-order valence-electron chi connectivity index (χ2n) is 7.82. The number of nitrogens with one attached hydrogen (secondary N) is 2. The Labute approximate surface area is 179 Å². The fraction of sp³-hybridized carbons (Fsp3) is 0.417. The third-order valence-corrected chi connectivity index (χ3v) is 5.39. The van der Waals surface area contributed by atoms with Crippen molar-refractivity contribution in [3.63, 3.8) is 0 Å². The Bertz CT molecular complexity index is 843. The van der Waals surface area contributed by atoms with Crippen LogP contribution in [0.15, 0.2) is 48.5 Å². The van der Waals surface area contributed by atoms with Gasteiger partial charge in [-0.3, -0.25) is 4.79 Å². The van der Waals surface area contributed by atoms with Crippen LogP contribution in [0.2, 0.25) is 0 Å². The Morgan fingerprint density at radius 2 is 1.60 bits per heavy atom. The third kappa shape index (κ3) is 6.24. The van der Waals surface area contributed by atoms with E-state index in [4.69, 9.17) is 0 Å². The van der Waals surface area contributed by atoms with Crippen LogP contribution < -0.4 is 15.5 Å². The highest BCUT2D eigenvalue weighted by atomic mass is 16.2. The molecule has 0 aliphatic carbocycles. The summed E-state index contributed by atoms with van der Waals surface area (Å²) in [7, 11) is 0. The number of unbranched alkanes of at least 4 members (excludes halogenated alkanes) is 2. The smallest absolute Gasteiger partial charge is 0.323 e. The predicted molar refractivity (Wildman–Crippen MR) is 123 cm³/mol. The van der Waals surface area contributed by atoms with Crippen molar-refractivity contribution in [1.29, 1.82) is 0 Å². The molecule has 0 bridgehead atoms. The molecule has 6 nitrogen and oxygen atoms in total. The van der Waals surface area contributed by atoms with Crippen LogP contribution in [0.25, 0.3) is 0 Å². The van der Waals surface area contributed by atoms with Crippen LogP contribution in [-0.2, 0) is 4.79 Å². The first-order valence-electron chi connectivity index (χ1n) is 10.8. The molecule has 0 unspecified atom stereocenters. The van der Waals surface area contributed by atoms with Gasteiger partial charge in [0.1, 0.15) is 0 Å². The molecule has 1 aliphatic heterocycles. The number of rotatable bonds is 7. The first-order chi connectivity index (χ1) is 14.5. The molecule has 0 aromatic heterocycles. The van der Waals surface area contributed by atoms with E-state index < -0.39 is 0 Å². The molecule has 6 heteroatoms. The molecular formula is C24H32N4O2. The minimum atomic E-state index is -0.261. The van der Waals surface area contributed by atoms with Gasteiger partial charge in [-0.15, -0.1) is 0 Å². The summed E-state index contributed by atoms with van der Waals surface area (Å²) in [6, 6.07) is 15.3. The first kappa shape index (κ1) is 21.7. The number of carbonyl (C=O) groups is 2. The van der Waals surface area contributed by atoms with Crippen LogP contribution in [0.4, 0.5) is 21.9 Å². The van der Waals surface area contributed by atoms with Crippen molar-refractivity contribution in [2.75, 3.05) is 41.7 Å². The Hall–Kier alpha value is -3.02. The fourth-order valence-electron chi connectivity index (χ4n) is 3.67. The van der Waals surface area contributed by atoms with Crippen molar-refractivity contribution >= 4 is 29.0 Å². The van der Waals surface area contributed by atoms with E-state index in [0.29, 0.717) is 6.42 Å². The number of urea groups is 1. The minimum Gasteiger partial charge on any atom is -0.368 e. The maximum absolute atomic E-state index is 12.3.